The number of benzene rings is 2. The molecule has 2 aromatic rings. The van der Waals surface area contributed by atoms with Crippen molar-refractivity contribution in [3.63, 3.8) is 0 Å². The molecule has 0 spiro atoms. The molecule has 1 heterocycles. The minimum Gasteiger partial charge on any atom is -0.497 e. The van der Waals surface area contributed by atoms with E-state index in [1.807, 2.05) is 12.1 Å². The van der Waals surface area contributed by atoms with Crippen LogP contribution in [0.25, 0.3) is 0 Å². The maximum Gasteiger partial charge on any atom is 0.238 e. The first-order valence-electron chi connectivity index (χ1n) is 9.68. The summed E-state index contributed by atoms with van der Waals surface area (Å²) < 4.78 is 10.6. The SMILES string of the molecule is COc1ccc(NC(=O)CN2CCCN(Cc3ccccc3)CC2)c(OC)c1. The van der Waals surface area contributed by atoms with E-state index >= 15 is 0 Å². The summed E-state index contributed by atoms with van der Waals surface area (Å²) in [5, 5.41) is 2.96. The van der Waals surface area contributed by atoms with Gasteiger partial charge in [0.1, 0.15) is 11.5 Å². The molecule has 2 aromatic carbocycles. The first kappa shape index (κ1) is 20.2. The van der Waals surface area contributed by atoms with Crippen LogP contribution in [0.2, 0.25) is 0 Å². The van der Waals surface area contributed by atoms with Gasteiger partial charge in [0, 0.05) is 25.7 Å². The Balaban J connectivity index is 1.51. The van der Waals surface area contributed by atoms with Gasteiger partial charge in [0.25, 0.3) is 0 Å². The van der Waals surface area contributed by atoms with E-state index in [4.69, 9.17) is 9.47 Å². The van der Waals surface area contributed by atoms with E-state index in [2.05, 4.69) is 39.4 Å². The van der Waals surface area contributed by atoms with Gasteiger partial charge < -0.3 is 14.8 Å². The molecular weight excluding hydrogens is 354 g/mol. The predicted octanol–water partition coefficient (Wildman–Crippen LogP) is 2.85. The van der Waals surface area contributed by atoms with Crippen LogP contribution >= 0.6 is 0 Å². The number of anilines is 1. The van der Waals surface area contributed by atoms with E-state index < -0.39 is 0 Å². The number of rotatable bonds is 7. The van der Waals surface area contributed by atoms with Gasteiger partial charge in [-0.15, -0.1) is 0 Å². The van der Waals surface area contributed by atoms with Gasteiger partial charge in [-0.3, -0.25) is 14.6 Å². The highest BCUT2D eigenvalue weighted by Crippen LogP contribution is 2.28. The summed E-state index contributed by atoms with van der Waals surface area (Å²) in [5.74, 6) is 1.26. The highest BCUT2D eigenvalue weighted by atomic mass is 16.5. The molecule has 0 aliphatic carbocycles. The normalized spacial score (nSPS) is 15.6. The van der Waals surface area contributed by atoms with E-state index in [1.165, 1.54) is 5.56 Å². The van der Waals surface area contributed by atoms with Crippen molar-refractivity contribution in [2.75, 3.05) is 52.3 Å². The molecule has 0 atom stereocenters. The predicted molar refractivity (Wildman–Crippen MR) is 111 cm³/mol. The van der Waals surface area contributed by atoms with Crippen LogP contribution in [0.15, 0.2) is 48.5 Å². The average molecular weight is 383 g/mol. The van der Waals surface area contributed by atoms with Crippen molar-refractivity contribution >= 4 is 11.6 Å². The highest BCUT2D eigenvalue weighted by molar-refractivity contribution is 5.93. The van der Waals surface area contributed by atoms with Crippen LogP contribution in [0, 0.1) is 0 Å². The largest absolute Gasteiger partial charge is 0.497 e. The van der Waals surface area contributed by atoms with Crippen LogP contribution in [0.3, 0.4) is 0 Å². The molecule has 0 unspecified atom stereocenters. The van der Waals surface area contributed by atoms with Crippen molar-refractivity contribution in [2.24, 2.45) is 0 Å². The summed E-state index contributed by atoms with van der Waals surface area (Å²) >= 11 is 0. The third kappa shape index (κ3) is 5.71. The summed E-state index contributed by atoms with van der Waals surface area (Å²) in [6, 6.07) is 15.9. The number of carbonyl (C=O) groups excluding carboxylic acids is 1. The summed E-state index contributed by atoms with van der Waals surface area (Å²) in [5.41, 5.74) is 1.99. The fourth-order valence-electron chi connectivity index (χ4n) is 3.48. The lowest BCUT2D eigenvalue weighted by Gasteiger charge is -2.21. The fraction of sp³-hybridized carbons (Fsp3) is 0.409. The van der Waals surface area contributed by atoms with E-state index in [0.29, 0.717) is 23.7 Å². The maximum absolute atomic E-state index is 12.5. The molecular formula is C22H29N3O3. The van der Waals surface area contributed by atoms with Crippen LogP contribution in [-0.2, 0) is 11.3 Å². The van der Waals surface area contributed by atoms with Gasteiger partial charge in [-0.1, -0.05) is 30.3 Å². The van der Waals surface area contributed by atoms with Gasteiger partial charge in [0.05, 0.1) is 26.5 Å². The van der Waals surface area contributed by atoms with Crippen molar-refractivity contribution in [2.45, 2.75) is 13.0 Å². The molecule has 1 N–H and O–H groups in total. The van der Waals surface area contributed by atoms with Crippen LogP contribution in [0.4, 0.5) is 5.69 Å². The fourth-order valence-corrected chi connectivity index (χ4v) is 3.48. The Hall–Kier alpha value is -2.57. The second-order valence-electron chi connectivity index (χ2n) is 7.01. The number of hydrogen-bond donors (Lipinski definition) is 1. The molecule has 0 aromatic heterocycles. The molecule has 0 radical (unpaired) electrons. The zero-order valence-electron chi connectivity index (χ0n) is 16.7. The smallest absolute Gasteiger partial charge is 0.238 e. The number of ether oxygens (including phenoxy) is 2. The van der Waals surface area contributed by atoms with Crippen LogP contribution in [0.1, 0.15) is 12.0 Å². The molecule has 28 heavy (non-hydrogen) atoms. The van der Waals surface area contributed by atoms with Gasteiger partial charge in [-0.05, 0) is 37.2 Å². The summed E-state index contributed by atoms with van der Waals surface area (Å²) in [7, 11) is 3.19. The van der Waals surface area contributed by atoms with Crippen LogP contribution in [-0.4, -0.2) is 62.7 Å². The van der Waals surface area contributed by atoms with E-state index in [9.17, 15) is 4.79 Å². The van der Waals surface area contributed by atoms with Crippen molar-refractivity contribution in [1.82, 2.24) is 9.80 Å². The number of carbonyl (C=O) groups is 1. The zero-order chi connectivity index (χ0) is 19.8. The summed E-state index contributed by atoms with van der Waals surface area (Å²) in [6.45, 7) is 5.18. The van der Waals surface area contributed by atoms with Gasteiger partial charge in [-0.2, -0.15) is 0 Å². The molecule has 1 saturated heterocycles. The molecule has 1 amide bonds. The van der Waals surface area contributed by atoms with Crippen molar-refractivity contribution in [3.05, 3.63) is 54.1 Å². The Morgan fingerprint density at radius 2 is 1.71 bits per heavy atom. The monoisotopic (exact) mass is 383 g/mol. The lowest BCUT2D eigenvalue weighted by Crippen LogP contribution is -2.36. The van der Waals surface area contributed by atoms with Gasteiger partial charge >= 0.3 is 0 Å². The Morgan fingerprint density at radius 1 is 0.964 bits per heavy atom. The second kappa shape index (κ2) is 10.1. The number of hydrogen-bond acceptors (Lipinski definition) is 5. The van der Waals surface area contributed by atoms with Gasteiger partial charge in [0.15, 0.2) is 0 Å². The number of nitrogens with zero attached hydrogens (tertiary/aromatic N) is 2. The number of methoxy groups -OCH3 is 2. The van der Waals surface area contributed by atoms with Crippen molar-refractivity contribution in [1.29, 1.82) is 0 Å². The van der Waals surface area contributed by atoms with E-state index in [1.54, 1.807) is 26.4 Å². The number of amides is 1. The van der Waals surface area contributed by atoms with Crippen LogP contribution < -0.4 is 14.8 Å². The van der Waals surface area contributed by atoms with Gasteiger partial charge in [-0.25, -0.2) is 0 Å². The lowest BCUT2D eigenvalue weighted by molar-refractivity contribution is -0.117. The first-order valence-corrected chi connectivity index (χ1v) is 9.68. The van der Waals surface area contributed by atoms with Crippen molar-refractivity contribution < 1.29 is 14.3 Å². The minimum absolute atomic E-state index is 0.0278. The maximum atomic E-state index is 12.5. The molecule has 150 valence electrons. The Labute approximate surface area is 167 Å². The zero-order valence-corrected chi connectivity index (χ0v) is 16.7. The van der Waals surface area contributed by atoms with E-state index in [0.717, 1.165) is 39.1 Å². The highest BCUT2D eigenvalue weighted by Gasteiger charge is 2.18. The summed E-state index contributed by atoms with van der Waals surface area (Å²) in [4.78, 5) is 17.2. The molecule has 1 fully saturated rings. The third-order valence-corrected chi connectivity index (χ3v) is 4.98. The Bertz CT molecular complexity index is 767. The Kier molecular flexibility index (Phi) is 7.28. The lowest BCUT2D eigenvalue weighted by atomic mass is 10.2. The first-order chi connectivity index (χ1) is 13.7. The second-order valence-corrected chi connectivity index (χ2v) is 7.01. The van der Waals surface area contributed by atoms with Gasteiger partial charge in [0.2, 0.25) is 5.91 Å². The molecule has 1 aliphatic heterocycles. The number of nitrogens with one attached hydrogen (secondary N) is 1. The molecule has 0 bridgehead atoms. The standard InChI is InChI=1S/C22H29N3O3/c1-27-19-9-10-20(21(15-19)28-2)23-22(26)17-25-12-6-11-24(13-14-25)16-18-7-4-3-5-8-18/h3-5,7-10,15H,6,11-14,16-17H2,1-2H3,(H,23,26). The van der Waals surface area contributed by atoms with Crippen LogP contribution in [0.5, 0.6) is 11.5 Å². The summed E-state index contributed by atoms with van der Waals surface area (Å²) in [6.07, 6.45) is 1.06. The quantitative estimate of drug-likeness (QED) is 0.797. The molecule has 0 saturated carbocycles. The Morgan fingerprint density at radius 3 is 2.46 bits per heavy atom. The van der Waals surface area contributed by atoms with Crippen molar-refractivity contribution in [3.8, 4) is 11.5 Å². The molecule has 6 nitrogen and oxygen atoms in total. The molecule has 3 rings (SSSR count). The third-order valence-electron chi connectivity index (χ3n) is 4.98. The average Bonchev–Trinajstić information content (AvgIpc) is 2.94. The minimum atomic E-state index is -0.0278. The topological polar surface area (TPSA) is 54.0 Å². The molecule has 6 heteroatoms. The molecule has 1 aliphatic rings. The van der Waals surface area contributed by atoms with E-state index in [-0.39, 0.29) is 5.91 Å².